The van der Waals surface area contributed by atoms with Crippen molar-refractivity contribution in [1.82, 2.24) is 0 Å². The van der Waals surface area contributed by atoms with Gasteiger partial charge in [-0.3, -0.25) is 0 Å². The molecule has 0 amide bonds. The molecule has 0 fully saturated rings. The zero-order valence-corrected chi connectivity index (χ0v) is 12.1. The van der Waals surface area contributed by atoms with Gasteiger partial charge in [0, 0.05) is 0 Å². The Kier molecular flexibility index (Phi) is 4.49. The first-order valence-electron chi connectivity index (χ1n) is 7.45. The highest BCUT2D eigenvalue weighted by Gasteiger charge is 2.16. The van der Waals surface area contributed by atoms with E-state index in [2.05, 4.69) is 54.6 Å². The molecule has 0 radical (unpaired) electrons. The van der Waals surface area contributed by atoms with Crippen molar-refractivity contribution in [2.75, 3.05) is 19.8 Å². The maximum atomic E-state index is 8.82. The molecule has 2 nitrogen and oxygen atoms in total. The summed E-state index contributed by atoms with van der Waals surface area (Å²) in [5.74, 6) is 0. The Hall–Kier alpha value is -1.90. The van der Waals surface area contributed by atoms with Gasteiger partial charge in [0.1, 0.15) is 0 Å². The number of benzene rings is 2. The minimum atomic E-state index is 0.0658. The number of aliphatic hydroxyl groups excluding tert-OH is 1. The van der Waals surface area contributed by atoms with E-state index in [0.29, 0.717) is 13.2 Å². The largest absolute Gasteiger partial charge is 0.394 e. The van der Waals surface area contributed by atoms with Gasteiger partial charge in [-0.05, 0) is 40.7 Å². The molecule has 1 N–H and O–H groups in total. The first kappa shape index (κ1) is 14.1. The lowest BCUT2D eigenvalue weighted by molar-refractivity contribution is 0.112. The first-order chi connectivity index (χ1) is 10.4. The lowest BCUT2D eigenvalue weighted by Crippen LogP contribution is -2.00. The second-order valence-electron chi connectivity index (χ2n) is 5.23. The third kappa shape index (κ3) is 3.07. The monoisotopic (exact) mass is 280 g/mol. The van der Waals surface area contributed by atoms with Crippen molar-refractivity contribution >= 4 is 5.57 Å². The standard InChI is InChI=1S/C19H20O2/c20-12-14-21-13-11-19-17-7-3-1-5-15(17)9-10-16-6-2-4-8-18(16)19/h1-8,11,20H,9-10,12-14H2. The molecule has 0 unspecified atom stereocenters. The Morgan fingerprint density at radius 2 is 1.48 bits per heavy atom. The van der Waals surface area contributed by atoms with E-state index in [4.69, 9.17) is 9.84 Å². The zero-order valence-electron chi connectivity index (χ0n) is 12.1. The second kappa shape index (κ2) is 6.70. The fourth-order valence-corrected chi connectivity index (χ4v) is 2.93. The maximum absolute atomic E-state index is 8.82. The van der Waals surface area contributed by atoms with Crippen LogP contribution in [0.25, 0.3) is 5.57 Å². The molecule has 1 aliphatic carbocycles. The van der Waals surface area contributed by atoms with Gasteiger partial charge < -0.3 is 9.84 Å². The quantitative estimate of drug-likeness (QED) is 0.871. The molecule has 0 atom stereocenters. The highest BCUT2D eigenvalue weighted by molar-refractivity contribution is 5.83. The van der Waals surface area contributed by atoms with Gasteiger partial charge in [-0.25, -0.2) is 0 Å². The highest BCUT2D eigenvalue weighted by atomic mass is 16.5. The smallest absolute Gasteiger partial charge is 0.0702 e. The van der Waals surface area contributed by atoms with E-state index in [-0.39, 0.29) is 6.61 Å². The van der Waals surface area contributed by atoms with Crippen molar-refractivity contribution in [2.45, 2.75) is 12.8 Å². The molecule has 2 aromatic carbocycles. The molecule has 0 saturated heterocycles. The highest BCUT2D eigenvalue weighted by Crippen LogP contribution is 2.33. The summed E-state index contributed by atoms with van der Waals surface area (Å²) < 4.78 is 5.43. The summed E-state index contributed by atoms with van der Waals surface area (Å²) in [4.78, 5) is 0. The van der Waals surface area contributed by atoms with Crippen LogP contribution in [-0.2, 0) is 17.6 Å². The fourth-order valence-electron chi connectivity index (χ4n) is 2.93. The van der Waals surface area contributed by atoms with Gasteiger partial charge in [0.15, 0.2) is 0 Å². The molecule has 0 heterocycles. The van der Waals surface area contributed by atoms with E-state index in [1.807, 2.05) is 0 Å². The molecule has 21 heavy (non-hydrogen) atoms. The van der Waals surface area contributed by atoms with Crippen molar-refractivity contribution in [3.8, 4) is 0 Å². The lowest BCUT2D eigenvalue weighted by Gasteiger charge is -2.12. The van der Waals surface area contributed by atoms with Crippen LogP contribution in [0, 0.1) is 0 Å². The SMILES string of the molecule is OCCOCC=C1c2ccccc2CCc2ccccc21. The molecule has 0 aromatic heterocycles. The van der Waals surface area contributed by atoms with Crippen LogP contribution < -0.4 is 0 Å². The Bertz CT molecular complexity index is 594. The number of fused-ring (bicyclic) bond motifs is 2. The second-order valence-corrected chi connectivity index (χ2v) is 5.23. The van der Waals surface area contributed by atoms with Crippen LogP contribution in [0.1, 0.15) is 22.3 Å². The van der Waals surface area contributed by atoms with Crippen LogP contribution in [0.3, 0.4) is 0 Å². The molecule has 3 rings (SSSR count). The van der Waals surface area contributed by atoms with E-state index >= 15 is 0 Å². The zero-order chi connectivity index (χ0) is 14.5. The molecular formula is C19H20O2. The van der Waals surface area contributed by atoms with E-state index in [1.54, 1.807) is 0 Å². The Balaban J connectivity index is 2.03. The van der Waals surface area contributed by atoms with Gasteiger partial charge in [-0.15, -0.1) is 0 Å². The molecule has 108 valence electrons. The number of hydrogen-bond acceptors (Lipinski definition) is 2. The van der Waals surface area contributed by atoms with Crippen molar-refractivity contribution < 1.29 is 9.84 Å². The van der Waals surface area contributed by atoms with Crippen LogP contribution >= 0.6 is 0 Å². The molecule has 0 saturated carbocycles. The summed E-state index contributed by atoms with van der Waals surface area (Å²) >= 11 is 0. The molecular weight excluding hydrogens is 260 g/mol. The summed E-state index contributed by atoms with van der Waals surface area (Å²) in [6.45, 7) is 0.974. The summed E-state index contributed by atoms with van der Waals surface area (Å²) in [6.07, 6.45) is 4.28. The third-order valence-electron chi connectivity index (χ3n) is 3.92. The van der Waals surface area contributed by atoms with E-state index in [9.17, 15) is 0 Å². The van der Waals surface area contributed by atoms with Gasteiger partial charge in [0.25, 0.3) is 0 Å². The number of rotatable bonds is 4. The van der Waals surface area contributed by atoms with Gasteiger partial charge in [-0.1, -0.05) is 54.6 Å². The Morgan fingerprint density at radius 1 is 0.905 bits per heavy atom. The summed E-state index contributed by atoms with van der Waals surface area (Å²) in [5.41, 5.74) is 6.63. The van der Waals surface area contributed by atoms with Gasteiger partial charge in [0.2, 0.25) is 0 Å². The molecule has 0 aliphatic heterocycles. The number of aryl methyl sites for hydroxylation is 2. The fraction of sp³-hybridized carbons (Fsp3) is 0.263. The van der Waals surface area contributed by atoms with Gasteiger partial charge in [0.05, 0.1) is 19.8 Å². The Morgan fingerprint density at radius 3 is 2.05 bits per heavy atom. The van der Waals surface area contributed by atoms with Crippen molar-refractivity contribution in [1.29, 1.82) is 0 Å². The lowest BCUT2D eigenvalue weighted by atomic mass is 9.94. The van der Waals surface area contributed by atoms with Crippen LogP contribution in [-0.4, -0.2) is 24.9 Å². The average Bonchev–Trinajstić information content (AvgIpc) is 2.69. The van der Waals surface area contributed by atoms with Crippen LogP contribution in [0.4, 0.5) is 0 Å². The van der Waals surface area contributed by atoms with Crippen LogP contribution in [0.5, 0.6) is 0 Å². The van der Waals surface area contributed by atoms with Gasteiger partial charge >= 0.3 is 0 Å². The molecule has 2 aromatic rings. The van der Waals surface area contributed by atoms with Crippen molar-refractivity contribution in [3.05, 3.63) is 76.9 Å². The van der Waals surface area contributed by atoms with E-state index in [0.717, 1.165) is 12.8 Å². The molecule has 0 bridgehead atoms. The summed E-state index contributed by atoms with van der Waals surface area (Å²) in [6, 6.07) is 17.2. The maximum Gasteiger partial charge on any atom is 0.0702 e. The van der Waals surface area contributed by atoms with Gasteiger partial charge in [-0.2, -0.15) is 0 Å². The first-order valence-corrected chi connectivity index (χ1v) is 7.45. The topological polar surface area (TPSA) is 29.5 Å². The molecule has 0 spiro atoms. The molecule has 2 heteroatoms. The third-order valence-corrected chi connectivity index (χ3v) is 3.92. The van der Waals surface area contributed by atoms with E-state index < -0.39 is 0 Å². The predicted octanol–water partition coefficient (Wildman–Crippen LogP) is 3.23. The van der Waals surface area contributed by atoms with Crippen molar-refractivity contribution in [2.24, 2.45) is 0 Å². The molecule has 1 aliphatic rings. The summed E-state index contributed by atoms with van der Waals surface area (Å²) in [5, 5.41) is 8.82. The average molecular weight is 280 g/mol. The minimum Gasteiger partial charge on any atom is -0.394 e. The number of ether oxygens (including phenoxy) is 1. The number of aliphatic hydroxyl groups is 1. The van der Waals surface area contributed by atoms with E-state index in [1.165, 1.54) is 27.8 Å². The Labute approximate surface area is 125 Å². The number of hydrogen-bond donors (Lipinski definition) is 1. The predicted molar refractivity (Wildman–Crippen MR) is 85.3 cm³/mol. The summed E-state index contributed by atoms with van der Waals surface area (Å²) in [7, 11) is 0. The van der Waals surface area contributed by atoms with Crippen LogP contribution in [0.15, 0.2) is 54.6 Å². The van der Waals surface area contributed by atoms with Crippen molar-refractivity contribution in [3.63, 3.8) is 0 Å². The minimum absolute atomic E-state index is 0.0658. The normalized spacial score (nSPS) is 13.3. The van der Waals surface area contributed by atoms with Crippen LogP contribution in [0.2, 0.25) is 0 Å².